The fourth-order valence-electron chi connectivity index (χ4n) is 2.31. The third-order valence-electron chi connectivity index (χ3n) is 3.44. The second-order valence-electron chi connectivity index (χ2n) is 5.53. The number of carbonyl (C=O) groups excluding carboxylic acids is 1. The maximum absolute atomic E-state index is 11.9. The van der Waals surface area contributed by atoms with E-state index in [1.165, 1.54) is 6.20 Å². The normalized spacial score (nSPS) is 17.0. The number of carboxylic acids is 1. The van der Waals surface area contributed by atoms with Crippen LogP contribution in [0.1, 0.15) is 55.8 Å². The molecule has 0 unspecified atom stereocenters. The average molecular weight is 265 g/mol. The molecule has 0 bridgehead atoms. The monoisotopic (exact) mass is 265 g/mol. The Morgan fingerprint density at radius 1 is 1.53 bits per heavy atom. The standard InChI is InChI=1S/C13H19N3O3/c1-8(2)6-10(17)16-13(4-3-5-13)12-14-7-9(15-12)11(18)19/h7-8H,3-6H2,1-2H3,(H,14,15)(H,16,17)(H,18,19). The summed E-state index contributed by atoms with van der Waals surface area (Å²) in [5.41, 5.74) is -0.445. The van der Waals surface area contributed by atoms with E-state index < -0.39 is 11.5 Å². The van der Waals surface area contributed by atoms with Gasteiger partial charge >= 0.3 is 5.97 Å². The quantitative estimate of drug-likeness (QED) is 0.754. The minimum atomic E-state index is -1.04. The van der Waals surface area contributed by atoms with E-state index in [0.29, 0.717) is 18.2 Å². The van der Waals surface area contributed by atoms with Crippen molar-refractivity contribution in [1.29, 1.82) is 0 Å². The number of nitrogens with zero attached hydrogens (tertiary/aromatic N) is 1. The fraction of sp³-hybridized carbons (Fsp3) is 0.615. The zero-order valence-corrected chi connectivity index (χ0v) is 11.2. The molecule has 0 atom stereocenters. The molecule has 6 heteroatoms. The maximum Gasteiger partial charge on any atom is 0.353 e. The lowest BCUT2D eigenvalue weighted by molar-refractivity contribution is -0.125. The first-order valence-electron chi connectivity index (χ1n) is 6.53. The Hall–Kier alpha value is -1.85. The van der Waals surface area contributed by atoms with Crippen LogP contribution in [-0.2, 0) is 10.3 Å². The molecule has 6 nitrogen and oxygen atoms in total. The summed E-state index contributed by atoms with van der Waals surface area (Å²) in [6, 6.07) is 0. The van der Waals surface area contributed by atoms with Crippen LogP contribution in [0.15, 0.2) is 6.20 Å². The van der Waals surface area contributed by atoms with Crippen molar-refractivity contribution < 1.29 is 14.7 Å². The van der Waals surface area contributed by atoms with Gasteiger partial charge in [0.15, 0.2) is 0 Å². The Kier molecular flexibility index (Phi) is 3.59. The second-order valence-corrected chi connectivity index (χ2v) is 5.53. The van der Waals surface area contributed by atoms with E-state index in [2.05, 4.69) is 15.3 Å². The Balaban J connectivity index is 2.13. The highest BCUT2D eigenvalue weighted by atomic mass is 16.4. The van der Waals surface area contributed by atoms with Gasteiger partial charge in [0, 0.05) is 6.42 Å². The Bertz CT molecular complexity index is 489. The molecular formula is C13H19N3O3. The Morgan fingerprint density at radius 3 is 2.63 bits per heavy atom. The molecule has 1 amide bonds. The van der Waals surface area contributed by atoms with E-state index in [1.54, 1.807) is 0 Å². The summed E-state index contributed by atoms with van der Waals surface area (Å²) in [5, 5.41) is 11.9. The zero-order valence-electron chi connectivity index (χ0n) is 11.2. The number of aromatic carboxylic acids is 1. The lowest BCUT2D eigenvalue weighted by atomic mass is 9.76. The Morgan fingerprint density at radius 2 is 2.21 bits per heavy atom. The first-order chi connectivity index (χ1) is 8.93. The van der Waals surface area contributed by atoms with Crippen molar-refractivity contribution in [3.05, 3.63) is 17.7 Å². The van der Waals surface area contributed by atoms with Crippen LogP contribution in [0.3, 0.4) is 0 Å². The van der Waals surface area contributed by atoms with Gasteiger partial charge in [-0.3, -0.25) is 4.79 Å². The molecule has 0 aromatic carbocycles. The summed E-state index contributed by atoms with van der Waals surface area (Å²) >= 11 is 0. The number of H-pyrrole nitrogens is 1. The van der Waals surface area contributed by atoms with E-state index in [4.69, 9.17) is 5.11 Å². The highest BCUT2D eigenvalue weighted by Crippen LogP contribution is 2.39. The van der Waals surface area contributed by atoms with Crippen LogP contribution >= 0.6 is 0 Å². The molecule has 1 fully saturated rings. The van der Waals surface area contributed by atoms with Crippen LogP contribution in [-0.4, -0.2) is 27.0 Å². The predicted octanol–water partition coefficient (Wildman–Crippen LogP) is 1.65. The lowest BCUT2D eigenvalue weighted by Crippen LogP contribution is -2.51. The minimum absolute atomic E-state index is 0.0111. The third kappa shape index (κ3) is 2.77. The summed E-state index contributed by atoms with van der Waals surface area (Å²) < 4.78 is 0. The van der Waals surface area contributed by atoms with Gasteiger partial charge in [-0.1, -0.05) is 13.8 Å². The molecule has 0 saturated heterocycles. The third-order valence-corrected chi connectivity index (χ3v) is 3.44. The number of carbonyl (C=O) groups is 2. The summed E-state index contributed by atoms with van der Waals surface area (Å²) in [7, 11) is 0. The number of nitrogens with one attached hydrogen (secondary N) is 2. The minimum Gasteiger partial charge on any atom is -0.477 e. The number of hydrogen-bond acceptors (Lipinski definition) is 3. The number of rotatable bonds is 5. The molecule has 1 heterocycles. The molecule has 0 radical (unpaired) electrons. The topological polar surface area (TPSA) is 95.1 Å². The summed E-state index contributed by atoms with van der Waals surface area (Å²) in [6.45, 7) is 3.98. The summed E-state index contributed by atoms with van der Waals surface area (Å²) in [5.74, 6) is -0.207. The van der Waals surface area contributed by atoms with Crippen LogP contribution in [0, 0.1) is 5.92 Å². The maximum atomic E-state index is 11.9. The van der Waals surface area contributed by atoms with Crippen LogP contribution in [0.4, 0.5) is 0 Å². The van der Waals surface area contributed by atoms with Gasteiger partial charge in [-0.2, -0.15) is 0 Å². The van der Waals surface area contributed by atoms with Crippen LogP contribution < -0.4 is 5.32 Å². The second kappa shape index (κ2) is 5.03. The number of carboxylic acid groups (broad SMARTS) is 1. The fourth-order valence-corrected chi connectivity index (χ4v) is 2.31. The van der Waals surface area contributed by atoms with Gasteiger partial charge < -0.3 is 15.4 Å². The van der Waals surface area contributed by atoms with Gasteiger partial charge in [0.2, 0.25) is 5.91 Å². The highest BCUT2D eigenvalue weighted by molar-refractivity contribution is 5.85. The van der Waals surface area contributed by atoms with Crippen molar-refractivity contribution in [3.63, 3.8) is 0 Å². The van der Waals surface area contributed by atoms with Crippen LogP contribution in [0.5, 0.6) is 0 Å². The molecule has 1 saturated carbocycles. The molecule has 0 spiro atoms. The number of aromatic nitrogens is 2. The van der Waals surface area contributed by atoms with Crippen LogP contribution in [0.2, 0.25) is 0 Å². The lowest BCUT2D eigenvalue weighted by Gasteiger charge is -2.41. The van der Waals surface area contributed by atoms with Crippen molar-refractivity contribution >= 4 is 11.9 Å². The van der Waals surface area contributed by atoms with Crippen molar-refractivity contribution in [2.75, 3.05) is 0 Å². The number of aromatic amines is 1. The van der Waals surface area contributed by atoms with Crippen molar-refractivity contribution in [2.24, 2.45) is 5.92 Å². The molecular weight excluding hydrogens is 246 g/mol. The van der Waals surface area contributed by atoms with Gasteiger partial charge in [-0.05, 0) is 25.2 Å². The molecule has 0 aliphatic heterocycles. The number of hydrogen-bond donors (Lipinski definition) is 3. The Labute approximate surface area is 111 Å². The highest BCUT2D eigenvalue weighted by Gasteiger charge is 2.42. The molecule has 1 aromatic rings. The van der Waals surface area contributed by atoms with Gasteiger partial charge in [-0.15, -0.1) is 0 Å². The number of imidazole rings is 1. The molecule has 1 aliphatic carbocycles. The van der Waals surface area contributed by atoms with Crippen molar-refractivity contribution in [3.8, 4) is 0 Å². The van der Waals surface area contributed by atoms with Gasteiger partial charge in [0.05, 0.1) is 11.7 Å². The molecule has 19 heavy (non-hydrogen) atoms. The first kappa shape index (κ1) is 13.6. The van der Waals surface area contributed by atoms with Crippen molar-refractivity contribution in [1.82, 2.24) is 15.3 Å². The van der Waals surface area contributed by atoms with E-state index in [-0.39, 0.29) is 11.6 Å². The molecule has 1 aromatic heterocycles. The van der Waals surface area contributed by atoms with Gasteiger partial charge in [0.1, 0.15) is 11.5 Å². The summed E-state index contributed by atoms with van der Waals surface area (Å²) in [6.07, 6.45) is 4.36. The molecule has 104 valence electrons. The van der Waals surface area contributed by atoms with E-state index in [1.807, 2.05) is 13.8 Å². The number of amides is 1. The van der Waals surface area contributed by atoms with Crippen molar-refractivity contribution in [2.45, 2.75) is 45.1 Å². The smallest absolute Gasteiger partial charge is 0.353 e. The SMILES string of the molecule is CC(C)CC(=O)NC1(c2ncc(C(=O)O)[nH]2)CCC1. The largest absolute Gasteiger partial charge is 0.477 e. The zero-order chi connectivity index (χ0) is 14.0. The van der Waals surface area contributed by atoms with Gasteiger partial charge in [0.25, 0.3) is 0 Å². The molecule has 1 aliphatic rings. The van der Waals surface area contributed by atoms with Gasteiger partial charge in [-0.25, -0.2) is 9.78 Å². The predicted molar refractivity (Wildman–Crippen MR) is 68.7 cm³/mol. The first-order valence-corrected chi connectivity index (χ1v) is 6.53. The van der Waals surface area contributed by atoms with E-state index in [0.717, 1.165) is 19.3 Å². The molecule has 2 rings (SSSR count). The van der Waals surface area contributed by atoms with Crippen LogP contribution in [0.25, 0.3) is 0 Å². The van der Waals surface area contributed by atoms with E-state index in [9.17, 15) is 9.59 Å². The average Bonchev–Trinajstić information content (AvgIpc) is 2.71. The summed E-state index contributed by atoms with van der Waals surface area (Å²) in [4.78, 5) is 29.7. The van der Waals surface area contributed by atoms with E-state index >= 15 is 0 Å². The molecule has 3 N–H and O–H groups in total.